The maximum atomic E-state index is 13.2. The molecule has 4 rings (SSSR count). The number of carbonyl (C=O) groups is 1. The van der Waals surface area contributed by atoms with Gasteiger partial charge in [0.2, 0.25) is 0 Å². The summed E-state index contributed by atoms with van der Waals surface area (Å²) in [5, 5.41) is 7.20. The normalized spacial score (nSPS) is 10.8. The molecule has 2 aromatic heterocycles. The summed E-state index contributed by atoms with van der Waals surface area (Å²) < 4.78 is 1.73. The summed E-state index contributed by atoms with van der Waals surface area (Å²) >= 11 is 1.55. The van der Waals surface area contributed by atoms with Crippen LogP contribution in [0.4, 0.5) is 0 Å². The van der Waals surface area contributed by atoms with Gasteiger partial charge >= 0.3 is 0 Å². The largest absolute Gasteiger partial charge is 0.326 e. The highest BCUT2D eigenvalue weighted by Gasteiger charge is 2.21. The number of hydrogen-bond donors (Lipinski definition) is 0. The average Bonchev–Trinajstić information content (AvgIpc) is 3.38. The van der Waals surface area contributed by atoms with Gasteiger partial charge in [-0.3, -0.25) is 9.48 Å². The van der Waals surface area contributed by atoms with Crippen molar-refractivity contribution < 1.29 is 4.79 Å². The van der Waals surface area contributed by atoms with E-state index in [0.29, 0.717) is 18.8 Å². The summed E-state index contributed by atoms with van der Waals surface area (Å²) in [5.41, 5.74) is 4.82. The van der Waals surface area contributed by atoms with Crippen LogP contribution >= 0.6 is 11.3 Å². The van der Waals surface area contributed by atoms with Crippen LogP contribution in [0.15, 0.2) is 72.2 Å². The molecular formula is C23H22N4OS. The van der Waals surface area contributed by atoms with E-state index >= 15 is 0 Å². The van der Waals surface area contributed by atoms with Crippen LogP contribution in [-0.2, 0) is 20.1 Å². The summed E-state index contributed by atoms with van der Waals surface area (Å²) in [5.74, 6) is -0.0870. The van der Waals surface area contributed by atoms with Crippen LogP contribution in [-0.4, -0.2) is 25.6 Å². The Balaban J connectivity index is 1.57. The molecule has 0 aliphatic heterocycles. The summed E-state index contributed by atoms with van der Waals surface area (Å²) in [6.07, 6.45) is 1.77. The van der Waals surface area contributed by atoms with Crippen molar-refractivity contribution in [2.75, 3.05) is 0 Å². The molecule has 0 unspecified atom stereocenters. The minimum absolute atomic E-state index is 0.0870. The summed E-state index contributed by atoms with van der Waals surface area (Å²) in [4.78, 5) is 19.3. The lowest BCUT2D eigenvalue weighted by molar-refractivity contribution is 0.0723. The quantitative estimate of drug-likeness (QED) is 0.470. The number of aryl methyl sites for hydroxylation is 2. The highest BCUT2D eigenvalue weighted by molar-refractivity contribution is 7.09. The molecule has 0 aliphatic carbocycles. The maximum absolute atomic E-state index is 13.2. The third kappa shape index (κ3) is 4.43. The van der Waals surface area contributed by atoms with Crippen LogP contribution < -0.4 is 0 Å². The van der Waals surface area contributed by atoms with Gasteiger partial charge in [-0.15, -0.1) is 11.3 Å². The smallest absolute Gasteiger partial charge is 0.275 e. The third-order valence-electron chi connectivity index (χ3n) is 4.86. The number of amides is 1. The van der Waals surface area contributed by atoms with E-state index < -0.39 is 0 Å². The number of rotatable bonds is 6. The molecule has 4 aromatic rings. The van der Waals surface area contributed by atoms with E-state index in [-0.39, 0.29) is 5.91 Å². The first-order valence-electron chi connectivity index (χ1n) is 9.43. The Bertz CT molecular complexity index is 1070. The number of hydrogen-bond acceptors (Lipinski definition) is 4. The van der Waals surface area contributed by atoms with E-state index in [9.17, 15) is 4.79 Å². The Morgan fingerprint density at radius 1 is 1.03 bits per heavy atom. The van der Waals surface area contributed by atoms with Gasteiger partial charge in [-0.25, -0.2) is 4.98 Å². The fourth-order valence-electron chi connectivity index (χ4n) is 3.17. The van der Waals surface area contributed by atoms with Gasteiger partial charge in [0, 0.05) is 30.9 Å². The van der Waals surface area contributed by atoms with Crippen molar-refractivity contribution in [3.8, 4) is 11.1 Å². The van der Waals surface area contributed by atoms with Crippen molar-refractivity contribution in [1.29, 1.82) is 0 Å². The Hall–Kier alpha value is -3.25. The number of aromatic nitrogens is 3. The first-order valence-corrected chi connectivity index (χ1v) is 10.3. The van der Waals surface area contributed by atoms with Crippen molar-refractivity contribution in [2.45, 2.75) is 20.0 Å². The lowest BCUT2D eigenvalue weighted by Gasteiger charge is -2.21. The predicted molar refractivity (Wildman–Crippen MR) is 116 cm³/mol. The zero-order chi connectivity index (χ0) is 20.2. The van der Waals surface area contributed by atoms with Gasteiger partial charge in [0.15, 0.2) is 5.69 Å². The number of benzene rings is 2. The zero-order valence-corrected chi connectivity index (χ0v) is 17.3. The van der Waals surface area contributed by atoms with Crippen LogP contribution in [0, 0.1) is 6.92 Å². The first-order chi connectivity index (χ1) is 14.1. The standard InChI is InChI=1S/C23H22N4OS/c1-17-14-21(25-26(17)2)23(28)27(16-22-24-12-13-29-22)15-18-8-10-20(11-9-18)19-6-4-3-5-7-19/h3-14H,15-16H2,1-2H3. The van der Waals surface area contributed by atoms with Crippen LogP contribution in [0.25, 0.3) is 11.1 Å². The lowest BCUT2D eigenvalue weighted by atomic mass is 10.0. The molecule has 0 aliphatic rings. The molecule has 0 bridgehead atoms. The van der Waals surface area contributed by atoms with Gasteiger partial charge in [0.25, 0.3) is 5.91 Å². The average molecular weight is 403 g/mol. The molecule has 0 spiro atoms. The maximum Gasteiger partial charge on any atom is 0.275 e. The topological polar surface area (TPSA) is 51.0 Å². The van der Waals surface area contributed by atoms with Crippen LogP contribution in [0.3, 0.4) is 0 Å². The molecular weight excluding hydrogens is 380 g/mol. The van der Waals surface area contributed by atoms with E-state index in [2.05, 4.69) is 46.5 Å². The van der Waals surface area contributed by atoms with E-state index in [4.69, 9.17) is 0 Å². The van der Waals surface area contributed by atoms with Crippen molar-refractivity contribution in [2.24, 2.45) is 7.05 Å². The van der Waals surface area contributed by atoms with Gasteiger partial charge in [0.05, 0.1) is 6.54 Å². The predicted octanol–water partition coefficient (Wildman–Crippen LogP) is 4.69. The van der Waals surface area contributed by atoms with Crippen LogP contribution in [0.2, 0.25) is 0 Å². The molecule has 0 saturated heterocycles. The van der Waals surface area contributed by atoms with Crippen molar-refractivity contribution >= 4 is 17.2 Å². The molecule has 1 amide bonds. The lowest BCUT2D eigenvalue weighted by Crippen LogP contribution is -2.30. The monoisotopic (exact) mass is 402 g/mol. The molecule has 0 saturated carbocycles. The van der Waals surface area contributed by atoms with Crippen LogP contribution in [0.1, 0.15) is 26.8 Å². The van der Waals surface area contributed by atoms with Gasteiger partial charge in [0.1, 0.15) is 5.01 Å². The van der Waals surface area contributed by atoms with Gasteiger partial charge < -0.3 is 4.90 Å². The second-order valence-corrected chi connectivity index (χ2v) is 7.92. The number of carbonyl (C=O) groups excluding carboxylic acids is 1. The van der Waals surface area contributed by atoms with E-state index in [1.54, 1.807) is 27.1 Å². The summed E-state index contributed by atoms with van der Waals surface area (Å²) in [7, 11) is 1.85. The number of thiazole rings is 1. The second-order valence-electron chi connectivity index (χ2n) is 6.94. The van der Waals surface area contributed by atoms with Gasteiger partial charge in [-0.1, -0.05) is 54.6 Å². The molecule has 0 radical (unpaired) electrons. The van der Waals surface area contributed by atoms with Gasteiger partial charge in [-0.05, 0) is 29.7 Å². The Morgan fingerprint density at radius 2 is 1.76 bits per heavy atom. The van der Waals surface area contributed by atoms with E-state index in [1.165, 1.54) is 5.56 Å². The van der Waals surface area contributed by atoms with Crippen molar-refractivity contribution in [3.63, 3.8) is 0 Å². The van der Waals surface area contributed by atoms with Crippen molar-refractivity contribution in [3.05, 3.63) is 94.2 Å². The number of nitrogens with zero attached hydrogens (tertiary/aromatic N) is 4. The molecule has 0 atom stereocenters. The van der Waals surface area contributed by atoms with Crippen molar-refractivity contribution in [1.82, 2.24) is 19.7 Å². The minimum atomic E-state index is -0.0870. The Labute approximate surface area is 174 Å². The van der Waals surface area contributed by atoms with E-state index in [0.717, 1.165) is 21.8 Å². The van der Waals surface area contributed by atoms with Gasteiger partial charge in [-0.2, -0.15) is 5.10 Å². The molecule has 0 N–H and O–H groups in total. The fourth-order valence-corrected chi connectivity index (χ4v) is 3.81. The molecule has 5 nitrogen and oxygen atoms in total. The van der Waals surface area contributed by atoms with E-state index in [1.807, 2.05) is 43.6 Å². The molecule has 2 heterocycles. The fraction of sp³-hybridized carbons (Fsp3) is 0.174. The molecule has 0 fully saturated rings. The second kappa shape index (κ2) is 8.41. The summed E-state index contributed by atoms with van der Waals surface area (Å²) in [6, 6.07) is 20.5. The zero-order valence-electron chi connectivity index (χ0n) is 16.4. The highest BCUT2D eigenvalue weighted by Crippen LogP contribution is 2.21. The Kier molecular flexibility index (Phi) is 5.53. The molecule has 6 heteroatoms. The summed E-state index contributed by atoms with van der Waals surface area (Å²) in [6.45, 7) is 2.91. The highest BCUT2D eigenvalue weighted by atomic mass is 32.1. The minimum Gasteiger partial charge on any atom is -0.326 e. The van der Waals surface area contributed by atoms with Crippen LogP contribution in [0.5, 0.6) is 0 Å². The Morgan fingerprint density at radius 3 is 2.38 bits per heavy atom. The molecule has 146 valence electrons. The third-order valence-corrected chi connectivity index (χ3v) is 5.63. The molecule has 2 aromatic carbocycles. The molecule has 29 heavy (non-hydrogen) atoms. The SMILES string of the molecule is Cc1cc(C(=O)N(Cc2ccc(-c3ccccc3)cc2)Cc2nccs2)nn1C. The first kappa shape index (κ1) is 19.1.